The van der Waals surface area contributed by atoms with Crippen LogP contribution >= 0.6 is 0 Å². The van der Waals surface area contributed by atoms with Crippen molar-refractivity contribution < 1.29 is 0 Å². The number of hydrogen-bond acceptors (Lipinski definition) is 1. The molecule has 3 aliphatic rings. The lowest BCUT2D eigenvalue weighted by atomic mass is 9.81. The first-order chi connectivity index (χ1) is 24.3. The van der Waals surface area contributed by atoms with Crippen molar-refractivity contribution in [3.63, 3.8) is 0 Å². The van der Waals surface area contributed by atoms with Gasteiger partial charge in [0.25, 0.3) is 0 Å². The van der Waals surface area contributed by atoms with Gasteiger partial charge in [-0.25, -0.2) is 0 Å². The van der Waals surface area contributed by atoms with Crippen molar-refractivity contribution in [1.82, 2.24) is 0 Å². The normalized spacial score (nSPS) is 17.0. The number of hydrogen-bond donors (Lipinski definition) is 0. The molecule has 0 saturated heterocycles. The van der Waals surface area contributed by atoms with Gasteiger partial charge in [0.05, 0.1) is 0 Å². The van der Waals surface area contributed by atoms with E-state index in [1.807, 2.05) is 0 Å². The molecule has 1 saturated carbocycles. The number of anilines is 3. The van der Waals surface area contributed by atoms with Crippen LogP contribution in [0, 0.1) is 0 Å². The summed E-state index contributed by atoms with van der Waals surface area (Å²) in [5, 5.41) is 0. The average Bonchev–Trinajstić information content (AvgIpc) is 3.33. The molecule has 0 bridgehead atoms. The van der Waals surface area contributed by atoms with Gasteiger partial charge in [-0.2, -0.15) is 0 Å². The summed E-state index contributed by atoms with van der Waals surface area (Å²) in [5.41, 5.74) is 18.7. The number of nitrogens with zero attached hydrogens (tertiary/aromatic N) is 1. The lowest BCUT2D eigenvalue weighted by molar-refractivity contribution is 0.592. The van der Waals surface area contributed by atoms with Gasteiger partial charge in [0.1, 0.15) is 0 Å². The summed E-state index contributed by atoms with van der Waals surface area (Å²) in [6.07, 6.45) is 8.13. The zero-order valence-corrected chi connectivity index (χ0v) is 30.0. The highest BCUT2D eigenvalue weighted by Gasteiger charge is 2.37. The van der Waals surface area contributed by atoms with Crippen molar-refractivity contribution in [1.29, 1.82) is 0 Å². The van der Waals surface area contributed by atoms with E-state index in [0.717, 1.165) is 0 Å². The van der Waals surface area contributed by atoms with Crippen LogP contribution in [0.3, 0.4) is 0 Å². The Bertz CT molecular complexity index is 2210. The lowest BCUT2D eigenvalue weighted by Crippen LogP contribution is -2.16. The van der Waals surface area contributed by atoms with E-state index >= 15 is 0 Å². The predicted octanol–water partition coefficient (Wildman–Crippen LogP) is 13.9. The highest BCUT2D eigenvalue weighted by Crippen LogP contribution is 2.53. The van der Waals surface area contributed by atoms with Gasteiger partial charge in [-0.15, -0.1) is 0 Å². The second-order valence-electron chi connectivity index (χ2n) is 16.0. The van der Waals surface area contributed by atoms with Crippen molar-refractivity contribution in [3.8, 4) is 33.4 Å². The fourth-order valence-corrected chi connectivity index (χ4v) is 9.49. The Morgan fingerprint density at radius 3 is 1.60 bits per heavy atom. The van der Waals surface area contributed by atoms with E-state index in [-0.39, 0.29) is 10.8 Å². The van der Waals surface area contributed by atoms with E-state index in [1.54, 1.807) is 0 Å². The van der Waals surface area contributed by atoms with Crippen LogP contribution in [0.25, 0.3) is 33.4 Å². The van der Waals surface area contributed by atoms with Gasteiger partial charge in [0.2, 0.25) is 0 Å². The zero-order valence-electron chi connectivity index (χ0n) is 30.0. The predicted molar refractivity (Wildman–Crippen MR) is 212 cm³/mol. The first-order valence-corrected chi connectivity index (χ1v) is 18.8. The van der Waals surface area contributed by atoms with Crippen LogP contribution < -0.4 is 4.90 Å². The van der Waals surface area contributed by atoms with Gasteiger partial charge in [-0.3, -0.25) is 0 Å². The Labute approximate surface area is 298 Å². The topological polar surface area (TPSA) is 3.24 Å². The molecule has 0 N–H and O–H groups in total. The summed E-state index contributed by atoms with van der Waals surface area (Å²) >= 11 is 0. The van der Waals surface area contributed by atoms with Crippen LogP contribution in [0.1, 0.15) is 100.0 Å². The highest BCUT2D eigenvalue weighted by molar-refractivity contribution is 5.89. The van der Waals surface area contributed by atoms with Crippen LogP contribution in [0.5, 0.6) is 0 Å². The molecule has 0 heterocycles. The van der Waals surface area contributed by atoms with Gasteiger partial charge >= 0.3 is 0 Å². The van der Waals surface area contributed by atoms with Crippen molar-refractivity contribution in [2.75, 3.05) is 4.90 Å². The van der Waals surface area contributed by atoms with Crippen LogP contribution in [-0.4, -0.2) is 0 Å². The van der Waals surface area contributed by atoms with Crippen LogP contribution in [-0.2, 0) is 10.8 Å². The standard InChI is InChI=1S/C49H47N/c1-48(2)44-19-13-12-18-40(44)42-30-35(22-28-45(42)48)36-23-29-46-43(31-36)41-27-26-39(32-47(41)49(46,3)4)50(37-16-10-7-11-17-37)38-24-20-34(21-25-38)33-14-8-5-6-9-15-33/h7,10-13,16-33H,5-6,8-9,14-15H2,1-4H3. The van der Waals surface area contributed by atoms with Gasteiger partial charge in [0.15, 0.2) is 0 Å². The molecule has 1 nitrogen and oxygen atoms in total. The van der Waals surface area contributed by atoms with E-state index in [2.05, 4.69) is 166 Å². The summed E-state index contributed by atoms with van der Waals surface area (Å²) < 4.78 is 0. The second-order valence-corrected chi connectivity index (χ2v) is 16.0. The van der Waals surface area contributed by atoms with Crippen molar-refractivity contribution >= 4 is 17.1 Å². The third-order valence-corrected chi connectivity index (χ3v) is 12.3. The number of benzene rings is 6. The molecular formula is C49H47N. The minimum absolute atomic E-state index is 0.0214. The third-order valence-electron chi connectivity index (χ3n) is 12.3. The zero-order chi connectivity index (χ0) is 34.0. The van der Waals surface area contributed by atoms with Gasteiger partial charge in [-0.1, -0.05) is 138 Å². The molecule has 6 aromatic rings. The molecule has 6 aromatic carbocycles. The van der Waals surface area contributed by atoms with E-state index in [0.29, 0.717) is 5.92 Å². The van der Waals surface area contributed by atoms with Crippen molar-refractivity contribution in [2.24, 2.45) is 0 Å². The Balaban J connectivity index is 1.09. The molecule has 0 spiro atoms. The SMILES string of the molecule is CC1(C)c2ccccc2-c2cc(-c3ccc4c(c3)-c3ccc(N(c5ccccc5)c5ccc(C6CCCCCC6)cc5)cc3C4(C)C)ccc21. The van der Waals surface area contributed by atoms with E-state index in [9.17, 15) is 0 Å². The fourth-order valence-electron chi connectivity index (χ4n) is 9.49. The monoisotopic (exact) mass is 649 g/mol. The van der Waals surface area contributed by atoms with Crippen molar-refractivity contribution in [3.05, 3.63) is 161 Å². The minimum atomic E-state index is -0.105. The van der Waals surface area contributed by atoms with E-state index < -0.39 is 0 Å². The van der Waals surface area contributed by atoms with Gasteiger partial charge in [-0.05, 0) is 128 Å². The van der Waals surface area contributed by atoms with Gasteiger partial charge in [0, 0.05) is 27.9 Å². The quantitative estimate of drug-likeness (QED) is 0.168. The molecule has 0 unspecified atom stereocenters. The summed E-state index contributed by atoms with van der Waals surface area (Å²) in [6.45, 7) is 9.49. The summed E-state index contributed by atoms with van der Waals surface area (Å²) in [7, 11) is 0. The molecule has 0 radical (unpaired) electrons. The molecule has 0 amide bonds. The maximum Gasteiger partial charge on any atom is 0.0465 e. The van der Waals surface area contributed by atoms with E-state index in [1.165, 1.54) is 117 Å². The smallest absolute Gasteiger partial charge is 0.0465 e. The molecule has 1 fully saturated rings. The first-order valence-electron chi connectivity index (χ1n) is 18.8. The maximum atomic E-state index is 2.45. The number of fused-ring (bicyclic) bond motifs is 6. The molecule has 0 atom stereocenters. The average molecular weight is 650 g/mol. The Morgan fingerprint density at radius 1 is 0.420 bits per heavy atom. The third kappa shape index (κ3) is 4.97. The maximum absolute atomic E-state index is 2.45. The Morgan fingerprint density at radius 2 is 0.940 bits per heavy atom. The molecule has 0 aromatic heterocycles. The Hall–Kier alpha value is -4.88. The second kappa shape index (κ2) is 11.9. The largest absolute Gasteiger partial charge is 0.310 e. The molecule has 50 heavy (non-hydrogen) atoms. The fraction of sp³-hybridized carbons (Fsp3) is 0.265. The highest BCUT2D eigenvalue weighted by atomic mass is 15.1. The molecule has 3 aliphatic carbocycles. The Kier molecular flexibility index (Phi) is 7.39. The minimum Gasteiger partial charge on any atom is -0.310 e. The van der Waals surface area contributed by atoms with Crippen molar-refractivity contribution in [2.45, 2.75) is 83.0 Å². The molecule has 0 aliphatic heterocycles. The molecular weight excluding hydrogens is 603 g/mol. The first kappa shape index (κ1) is 31.1. The lowest BCUT2D eigenvalue weighted by Gasteiger charge is -2.28. The van der Waals surface area contributed by atoms with Crippen LogP contribution in [0.4, 0.5) is 17.1 Å². The summed E-state index contributed by atoms with van der Waals surface area (Å²) in [6, 6.07) is 50.7. The molecule has 9 rings (SSSR count). The molecule has 1 heteroatoms. The summed E-state index contributed by atoms with van der Waals surface area (Å²) in [5.74, 6) is 0.695. The summed E-state index contributed by atoms with van der Waals surface area (Å²) in [4.78, 5) is 2.44. The van der Waals surface area contributed by atoms with E-state index in [4.69, 9.17) is 0 Å². The number of para-hydroxylation sites is 1. The van der Waals surface area contributed by atoms with Crippen LogP contribution in [0.2, 0.25) is 0 Å². The van der Waals surface area contributed by atoms with Gasteiger partial charge < -0.3 is 4.90 Å². The number of rotatable bonds is 5. The van der Waals surface area contributed by atoms with Crippen LogP contribution in [0.15, 0.2) is 133 Å². The molecule has 248 valence electrons.